The lowest BCUT2D eigenvalue weighted by Gasteiger charge is -2.06. The van der Waals surface area contributed by atoms with Crippen molar-refractivity contribution >= 4 is 17.3 Å². The molecule has 1 rings (SSSR count). The first kappa shape index (κ1) is 14.0. The van der Waals surface area contributed by atoms with Crippen LogP contribution in [0.25, 0.3) is 0 Å². The van der Waals surface area contributed by atoms with E-state index < -0.39 is 17.3 Å². The van der Waals surface area contributed by atoms with Crippen molar-refractivity contribution < 1.29 is 23.1 Å². The molecule has 0 saturated heterocycles. The van der Waals surface area contributed by atoms with Crippen LogP contribution in [0, 0.1) is 0 Å². The number of hydrogen-bond donors (Lipinski definition) is 3. The second-order valence-corrected chi connectivity index (χ2v) is 5.34. The minimum atomic E-state index is -3.16. The van der Waals surface area contributed by atoms with Crippen LogP contribution in [0.5, 0.6) is 5.75 Å². The Morgan fingerprint density at radius 1 is 1.29 bits per heavy atom. The zero-order valence-corrected chi connectivity index (χ0v) is 10.1. The van der Waals surface area contributed by atoms with E-state index in [2.05, 4.69) is 9.38 Å². The lowest BCUT2D eigenvalue weighted by atomic mass is 10.1. The number of hydrogen-bond acceptors (Lipinski definition) is 5. The third kappa shape index (κ3) is 6.27. The monoisotopic (exact) mass is 259 g/mol. The van der Waals surface area contributed by atoms with E-state index in [1.54, 1.807) is 24.3 Å². The highest BCUT2D eigenvalue weighted by Gasteiger charge is 2.10. The maximum absolute atomic E-state index is 10.8. The Kier molecular flexibility index (Phi) is 4.94. The fraction of sp³-hybridized carbons (Fsp3) is 0.333. The van der Waals surface area contributed by atoms with Crippen LogP contribution in [-0.2, 0) is 16.4 Å². The maximum Gasteiger partial charge on any atom is 0.707 e. The molecule has 0 bridgehead atoms. The van der Waals surface area contributed by atoms with Crippen molar-refractivity contribution in [3.05, 3.63) is 29.8 Å². The van der Waals surface area contributed by atoms with Crippen molar-refractivity contribution in [2.75, 3.05) is 12.8 Å². The topological polar surface area (TPSA) is 95.9 Å². The van der Waals surface area contributed by atoms with Crippen molar-refractivity contribution in [2.45, 2.75) is 6.42 Å². The van der Waals surface area contributed by atoms with Crippen LogP contribution < -0.4 is 9.38 Å². The second-order valence-electron chi connectivity index (χ2n) is 3.50. The molecule has 1 aromatic rings. The van der Waals surface area contributed by atoms with Gasteiger partial charge >= 0.3 is 7.32 Å². The smallest absolute Gasteiger partial charge is 0.512 e. The molecule has 1 aromatic carbocycles. The van der Waals surface area contributed by atoms with Gasteiger partial charge in [-0.3, -0.25) is 0 Å². The molecule has 0 saturated carbocycles. The molecule has 0 heterocycles. The Balaban J connectivity index is 2.46. The lowest BCUT2D eigenvalue weighted by Crippen LogP contribution is -2.24. The summed E-state index contributed by atoms with van der Waals surface area (Å²) in [6.45, 7) is 0.321. The van der Waals surface area contributed by atoms with Gasteiger partial charge in [0.2, 0.25) is 10.0 Å². The molecule has 0 radical (unpaired) electrons. The molecule has 0 spiro atoms. The third-order valence-corrected chi connectivity index (χ3v) is 2.67. The fourth-order valence-electron chi connectivity index (χ4n) is 1.24. The maximum atomic E-state index is 10.8. The summed E-state index contributed by atoms with van der Waals surface area (Å²) in [4.78, 5) is 0. The van der Waals surface area contributed by atoms with Gasteiger partial charge in [0.15, 0.2) is 0 Å². The lowest BCUT2D eigenvalue weighted by molar-refractivity contribution is 0.288. The Hall–Kier alpha value is -1.09. The zero-order chi connectivity index (χ0) is 12.9. The van der Waals surface area contributed by atoms with Gasteiger partial charge in [-0.2, -0.15) is 0 Å². The van der Waals surface area contributed by atoms with Gasteiger partial charge in [-0.25, -0.2) is 13.1 Å². The van der Waals surface area contributed by atoms with E-state index in [0.29, 0.717) is 18.7 Å². The van der Waals surface area contributed by atoms with Gasteiger partial charge in [0.25, 0.3) is 0 Å². The summed E-state index contributed by atoms with van der Waals surface area (Å²) < 4.78 is 28.6. The van der Waals surface area contributed by atoms with E-state index in [-0.39, 0.29) is 0 Å². The molecule has 0 amide bonds. The molecule has 94 valence electrons. The molecule has 0 atom stereocenters. The van der Waals surface area contributed by atoms with Crippen molar-refractivity contribution in [1.29, 1.82) is 0 Å². The Morgan fingerprint density at radius 3 is 2.35 bits per heavy atom. The number of sulfonamides is 1. The van der Waals surface area contributed by atoms with Gasteiger partial charge in [0, 0.05) is 6.54 Å². The van der Waals surface area contributed by atoms with E-state index in [0.717, 1.165) is 11.8 Å². The minimum Gasteiger partial charge on any atom is -0.512 e. The molecule has 0 aromatic heterocycles. The van der Waals surface area contributed by atoms with Gasteiger partial charge in [0.1, 0.15) is 5.75 Å². The first-order valence-electron chi connectivity index (χ1n) is 4.93. The van der Waals surface area contributed by atoms with Crippen LogP contribution in [0.1, 0.15) is 5.56 Å². The van der Waals surface area contributed by atoms with E-state index in [4.69, 9.17) is 10.0 Å². The summed E-state index contributed by atoms with van der Waals surface area (Å²) in [5, 5.41) is 17.1. The molecule has 17 heavy (non-hydrogen) atoms. The third-order valence-electron chi connectivity index (χ3n) is 1.94. The largest absolute Gasteiger partial charge is 0.707 e. The van der Waals surface area contributed by atoms with Gasteiger partial charge in [-0.1, -0.05) is 12.1 Å². The summed E-state index contributed by atoms with van der Waals surface area (Å²) in [6.07, 6.45) is 1.65. The van der Waals surface area contributed by atoms with Crippen LogP contribution in [-0.4, -0.2) is 38.6 Å². The predicted octanol–water partition coefficient (Wildman–Crippen LogP) is -0.873. The second kappa shape index (κ2) is 6.01. The Bertz CT molecular complexity index is 445. The predicted molar refractivity (Wildman–Crippen MR) is 63.8 cm³/mol. The van der Waals surface area contributed by atoms with Crippen molar-refractivity contribution in [3.8, 4) is 5.75 Å². The summed E-state index contributed by atoms with van der Waals surface area (Å²) in [5.41, 5.74) is 0.918. The van der Waals surface area contributed by atoms with Gasteiger partial charge < -0.3 is 14.7 Å². The number of benzene rings is 1. The molecule has 0 aliphatic rings. The molecule has 0 aliphatic carbocycles. The van der Waals surface area contributed by atoms with E-state index in [1.165, 1.54) is 0 Å². The van der Waals surface area contributed by atoms with Crippen LogP contribution in [0.4, 0.5) is 0 Å². The number of rotatable bonds is 6. The Labute approximate surface area is 100 Å². The fourth-order valence-corrected chi connectivity index (χ4v) is 1.71. The summed E-state index contributed by atoms with van der Waals surface area (Å²) >= 11 is 0. The standard InChI is InChI=1S/C9H14BNO5S/c1-17(14,15)11-7-6-8-2-4-9(5-3-8)16-10(12)13/h2-5,11-13H,6-7H2,1H3. The van der Waals surface area contributed by atoms with Gasteiger partial charge in [0.05, 0.1) is 6.26 Å². The average Bonchev–Trinajstić information content (AvgIpc) is 2.18. The van der Waals surface area contributed by atoms with Crippen molar-refractivity contribution in [3.63, 3.8) is 0 Å². The highest BCUT2D eigenvalue weighted by atomic mass is 32.2. The quantitative estimate of drug-likeness (QED) is 0.577. The minimum absolute atomic E-state index is 0.321. The summed E-state index contributed by atoms with van der Waals surface area (Å²) in [7, 11) is -5.00. The van der Waals surface area contributed by atoms with E-state index in [9.17, 15) is 8.42 Å². The summed E-state index contributed by atoms with van der Waals surface area (Å²) in [6, 6.07) is 6.60. The van der Waals surface area contributed by atoms with Crippen LogP contribution >= 0.6 is 0 Å². The average molecular weight is 259 g/mol. The van der Waals surface area contributed by atoms with Crippen LogP contribution in [0.15, 0.2) is 24.3 Å². The first-order valence-corrected chi connectivity index (χ1v) is 6.82. The summed E-state index contributed by atoms with van der Waals surface area (Å²) in [5.74, 6) is 0.333. The molecular weight excluding hydrogens is 245 g/mol. The Morgan fingerprint density at radius 2 is 1.88 bits per heavy atom. The molecule has 0 unspecified atom stereocenters. The SMILES string of the molecule is CS(=O)(=O)NCCc1ccc(OB(O)O)cc1. The van der Waals surface area contributed by atoms with Gasteiger partial charge in [-0.05, 0) is 24.1 Å². The van der Waals surface area contributed by atoms with Gasteiger partial charge in [-0.15, -0.1) is 0 Å². The molecule has 3 N–H and O–H groups in total. The normalized spacial score (nSPS) is 11.2. The number of nitrogens with one attached hydrogen (secondary N) is 1. The molecule has 6 nitrogen and oxygen atoms in total. The molecular formula is C9H14BNO5S. The van der Waals surface area contributed by atoms with Crippen LogP contribution in [0.3, 0.4) is 0 Å². The van der Waals surface area contributed by atoms with Crippen molar-refractivity contribution in [2.24, 2.45) is 0 Å². The van der Waals surface area contributed by atoms with Crippen molar-refractivity contribution in [1.82, 2.24) is 4.72 Å². The highest BCUT2D eigenvalue weighted by Crippen LogP contribution is 2.12. The molecule has 0 fully saturated rings. The van der Waals surface area contributed by atoms with E-state index in [1.807, 2.05) is 0 Å². The molecule has 0 aliphatic heterocycles. The highest BCUT2D eigenvalue weighted by molar-refractivity contribution is 7.88. The first-order chi connectivity index (χ1) is 7.87. The van der Waals surface area contributed by atoms with E-state index >= 15 is 0 Å². The zero-order valence-electron chi connectivity index (χ0n) is 9.33. The van der Waals surface area contributed by atoms with Crippen LogP contribution in [0.2, 0.25) is 0 Å². The molecule has 8 heteroatoms.